The van der Waals surface area contributed by atoms with Gasteiger partial charge in [-0.1, -0.05) is 19.4 Å². The molecular weight excluding hydrogens is 446 g/mol. The monoisotopic (exact) mass is 473 g/mol. The topological polar surface area (TPSA) is 86.7 Å². The van der Waals surface area contributed by atoms with Gasteiger partial charge in [0.05, 0.1) is 11.7 Å². The van der Waals surface area contributed by atoms with Crippen LogP contribution in [0.3, 0.4) is 0 Å². The zero-order chi connectivity index (χ0) is 22.7. The molecule has 0 saturated carbocycles. The van der Waals surface area contributed by atoms with Crippen LogP contribution in [-0.2, 0) is 10.0 Å². The molecule has 0 spiro atoms. The van der Waals surface area contributed by atoms with Crippen LogP contribution < -0.4 is 4.90 Å². The maximum Gasteiger partial charge on any atom is 0.253 e. The third-order valence-corrected chi connectivity index (χ3v) is 8.27. The number of rotatable bonds is 7. The van der Waals surface area contributed by atoms with Crippen LogP contribution in [0, 0.1) is 0 Å². The average molecular weight is 474 g/mol. The summed E-state index contributed by atoms with van der Waals surface area (Å²) < 4.78 is 36.1. The van der Waals surface area contributed by atoms with Crippen molar-refractivity contribution in [2.45, 2.75) is 24.7 Å². The lowest BCUT2D eigenvalue weighted by Crippen LogP contribution is -2.50. The number of piperazine rings is 1. The van der Waals surface area contributed by atoms with Gasteiger partial charge in [-0.05, 0) is 42.8 Å². The van der Waals surface area contributed by atoms with E-state index in [1.54, 1.807) is 23.1 Å². The van der Waals surface area contributed by atoms with Crippen molar-refractivity contribution in [3.63, 3.8) is 0 Å². The molecule has 2 aromatic carbocycles. The van der Waals surface area contributed by atoms with Gasteiger partial charge >= 0.3 is 0 Å². The largest absolute Gasteiger partial charge is 0.375 e. The molecule has 1 aliphatic heterocycles. The molecule has 0 atom stereocenters. The van der Waals surface area contributed by atoms with Crippen molar-refractivity contribution < 1.29 is 13.2 Å². The Kier molecular flexibility index (Phi) is 6.73. The number of hydrogen-bond acceptors (Lipinski definition) is 7. The van der Waals surface area contributed by atoms with Crippen LogP contribution in [0.2, 0.25) is 0 Å². The van der Waals surface area contributed by atoms with E-state index in [4.69, 9.17) is 0 Å². The van der Waals surface area contributed by atoms with E-state index >= 15 is 0 Å². The van der Waals surface area contributed by atoms with Gasteiger partial charge in [-0.15, -0.1) is 0 Å². The minimum atomic E-state index is -3.70. The highest BCUT2D eigenvalue weighted by Crippen LogP contribution is 2.25. The molecule has 32 heavy (non-hydrogen) atoms. The molecule has 1 aromatic heterocycles. The van der Waals surface area contributed by atoms with Gasteiger partial charge in [-0.25, -0.2) is 8.42 Å². The highest BCUT2D eigenvalue weighted by Gasteiger charge is 2.32. The molecule has 0 radical (unpaired) electrons. The van der Waals surface area contributed by atoms with E-state index in [9.17, 15) is 13.2 Å². The number of fused-ring (bicyclic) bond motifs is 1. The first kappa shape index (κ1) is 22.6. The Bertz CT molecular complexity index is 1190. The van der Waals surface area contributed by atoms with Crippen LogP contribution in [0.25, 0.3) is 11.0 Å². The second kappa shape index (κ2) is 9.51. The maximum atomic E-state index is 13.2. The fourth-order valence-corrected chi connectivity index (χ4v) is 6.00. The quantitative estimate of drug-likeness (QED) is 0.524. The average Bonchev–Trinajstić information content (AvgIpc) is 3.31. The fourth-order valence-electron chi connectivity index (χ4n) is 3.83. The van der Waals surface area contributed by atoms with Crippen molar-refractivity contribution in [1.29, 1.82) is 0 Å². The van der Waals surface area contributed by atoms with Crippen molar-refractivity contribution in [2.24, 2.45) is 0 Å². The maximum absolute atomic E-state index is 13.2. The Labute approximate surface area is 192 Å². The normalized spacial score (nSPS) is 15.2. The zero-order valence-electron chi connectivity index (χ0n) is 18.3. The van der Waals surface area contributed by atoms with E-state index in [0.29, 0.717) is 29.7 Å². The summed E-state index contributed by atoms with van der Waals surface area (Å²) in [6.45, 7) is 4.34. The molecule has 1 aliphatic rings. The second-order valence-electron chi connectivity index (χ2n) is 7.91. The van der Waals surface area contributed by atoms with Crippen LogP contribution in [0.4, 0.5) is 5.69 Å². The number of aromatic nitrogens is 2. The Balaban J connectivity index is 1.41. The zero-order valence-corrected chi connectivity index (χ0v) is 19.9. The summed E-state index contributed by atoms with van der Waals surface area (Å²) in [4.78, 5) is 17.0. The van der Waals surface area contributed by atoms with E-state index < -0.39 is 10.0 Å². The van der Waals surface area contributed by atoms with Crippen molar-refractivity contribution >= 4 is 44.4 Å². The van der Waals surface area contributed by atoms with Gasteiger partial charge in [0.1, 0.15) is 15.9 Å². The Hall–Kier alpha value is -2.56. The number of sulfonamides is 1. The van der Waals surface area contributed by atoms with Crippen molar-refractivity contribution in [2.75, 3.05) is 44.7 Å². The molecule has 1 saturated heterocycles. The van der Waals surface area contributed by atoms with E-state index in [-0.39, 0.29) is 23.9 Å². The number of hydrogen-bond donors (Lipinski definition) is 0. The molecule has 10 heteroatoms. The lowest BCUT2D eigenvalue weighted by Gasteiger charge is -2.34. The molecule has 4 rings (SSSR count). The van der Waals surface area contributed by atoms with Gasteiger partial charge in [0.2, 0.25) is 10.0 Å². The third-order valence-electron chi connectivity index (χ3n) is 5.79. The summed E-state index contributed by atoms with van der Waals surface area (Å²) in [5, 5.41) is 0. The van der Waals surface area contributed by atoms with Crippen LogP contribution in [0.5, 0.6) is 0 Å². The molecule has 0 unspecified atom stereocenters. The van der Waals surface area contributed by atoms with Crippen LogP contribution in [0.1, 0.15) is 30.1 Å². The molecule has 1 fully saturated rings. The number of amides is 1. The first-order valence-corrected chi connectivity index (χ1v) is 12.9. The number of carbonyl (C=O) groups excluding carboxylic acids is 1. The Morgan fingerprint density at radius 2 is 1.78 bits per heavy atom. The predicted octanol–water partition coefficient (Wildman–Crippen LogP) is 3.07. The molecule has 2 heterocycles. The van der Waals surface area contributed by atoms with Gasteiger partial charge in [-0.3, -0.25) is 4.79 Å². The fraction of sp³-hybridized carbons (Fsp3) is 0.409. The first-order chi connectivity index (χ1) is 15.4. The predicted molar refractivity (Wildman–Crippen MR) is 127 cm³/mol. The van der Waals surface area contributed by atoms with Crippen LogP contribution in [-0.4, -0.2) is 72.0 Å². The van der Waals surface area contributed by atoms with Gasteiger partial charge in [0.25, 0.3) is 5.91 Å². The van der Waals surface area contributed by atoms with E-state index in [2.05, 4.69) is 20.6 Å². The highest BCUT2D eigenvalue weighted by atomic mass is 32.2. The molecular formula is C22H27N5O3S2. The lowest BCUT2D eigenvalue weighted by atomic mass is 10.1. The molecule has 0 bridgehead atoms. The molecule has 1 amide bonds. The molecule has 170 valence electrons. The summed E-state index contributed by atoms with van der Waals surface area (Å²) in [6.07, 6.45) is 2.26. The summed E-state index contributed by atoms with van der Waals surface area (Å²) >= 11 is 0.999. The van der Waals surface area contributed by atoms with Gasteiger partial charge < -0.3 is 9.80 Å². The molecule has 3 aromatic rings. The number of anilines is 1. The molecule has 0 N–H and O–H groups in total. The summed E-state index contributed by atoms with van der Waals surface area (Å²) in [5.74, 6) is -0.0735. The minimum absolute atomic E-state index is 0.0735. The van der Waals surface area contributed by atoms with Crippen molar-refractivity contribution in [1.82, 2.24) is 18.0 Å². The number of unbranched alkanes of at least 4 members (excludes halogenated alkanes) is 1. The summed E-state index contributed by atoms with van der Waals surface area (Å²) in [6, 6.07) is 12.6. The number of nitrogens with zero attached hydrogens (tertiary/aromatic N) is 5. The first-order valence-electron chi connectivity index (χ1n) is 10.7. The Morgan fingerprint density at radius 3 is 2.47 bits per heavy atom. The van der Waals surface area contributed by atoms with E-state index in [0.717, 1.165) is 36.8 Å². The second-order valence-corrected chi connectivity index (χ2v) is 10.3. The van der Waals surface area contributed by atoms with Crippen molar-refractivity contribution in [3.05, 3.63) is 48.0 Å². The summed E-state index contributed by atoms with van der Waals surface area (Å²) in [7, 11) is -1.65. The van der Waals surface area contributed by atoms with Gasteiger partial charge in [0, 0.05) is 51.0 Å². The molecule has 0 aliphatic carbocycles. The smallest absolute Gasteiger partial charge is 0.253 e. The molecule has 8 nitrogen and oxygen atoms in total. The van der Waals surface area contributed by atoms with Crippen LogP contribution >= 0.6 is 11.7 Å². The number of carbonyl (C=O) groups is 1. The Morgan fingerprint density at radius 1 is 1.06 bits per heavy atom. The van der Waals surface area contributed by atoms with Gasteiger partial charge in [-0.2, -0.15) is 13.1 Å². The van der Waals surface area contributed by atoms with Crippen LogP contribution in [0.15, 0.2) is 47.4 Å². The number of benzene rings is 2. The van der Waals surface area contributed by atoms with E-state index in [1.165, 1.54) is 4.31 Å². The van der Waals surface area contributed by atoms with Crippen molar-refractivity contribution in [3.8, 4) is 0 Å². The highest BCUT2D eigenvalue weighted by molar-refractivity contribution is 7.89. The van der Waals surface area contributed by atoms with Gasteiger partial charge in [0.15, 0.2) is 0 Å². The lowest BCUT2D eigenvalue weighted by molar-refractivity contribution is 0.0698. The SMILES string of the molecule is CCCCN(C)c1ccc(C(=O)N2CCN(S(=O)(=O)c3cccc4nsnc34)CC2)cc1. The summed E-state index contributed by atoms with van der Waals surface area (Å²) in [5.41, 5.74) is 2.68. The third kappa shape index (κ3) is 4.48. The standard InChI is InChI=1S/C22H27N5O3S2/c1-3-4-12-25(2)18-10-8-17(9-11-18)22(28)26-13-15-27(16-14-26)32(29,30)20-7-5-6-19-21(20)24-31-23-19/h5-11H,3-4,12-16H2,1-2H3. The van der Waals surface area contributed by atoms with E-state index in [1.807, 2.05) is 31.3 Å². The minimum Gasteiger partial charge on any atom is -0.375 e.